The van der Waals surface area contributed by atoms with E-state index in [1.165, 1.54) is 25.7 Å². The van der Waals surface area contributed by atoms with E-state index in [4.69, 9.17) is 10.5 Å². The van der Waals surface area contributed by atoms with Gasteiger partial charge in [0.1, 0.15) is 0 Å². The van der Waals surface area contributed by atoms with Gasteiger partial charge in [-0.25, -0.2) is 0 Å². The lowest BCUT2D eigenvalue weighted by Gasteiger charge is -2.33. The van der Waals surface area contributed by atoms with Crippen LogP contribution in [0.2, 0.25) is 0 Å². The summed E-state index contributed by atoms with van der Waals surface area (Å²) in [5, 5.41) is 0. The van der Waals surface area contributed by atoms with Crippen molar-refractivity contribution < 1.29 is 4.74 Å². The Balaban J connectivity index is 2.13. The van der Waals surface area contributed by atoms with Crippen molar-refractivity contribution in [2.75, 3.05) is 13.7 Å². The maximum Gasteiger partial charge on any atom is 0.0821 e. The lowest BCUT2D eigenvalue weighted by molar-refractivity contribution is 0.125. The molecule has 0 spiro atoms. The zero-order chi connectivity index (χ0) is 11.4. The molecule has 2 unspecified atom stereocenters. The fraction of sp³-hybridized carbons (Fsp3) is 0.714. The molecule has 0 aromatic carbocycles. The van der Waals surface area contributed by atoms with Crippen LogP contribution >= 0.6 is 0 Å². The summed E-state index contributed by atoms with van der Waals surface area (Å²) < 4.78 is 5.58. The van der Waals surface area contributed by atoms with Gasteiger partial charge in [-0.1, -0.05) is 12.2 Å². The van der Waals surface area contributed by atoms with E-state index in [1.54, 1.807) is 11.1 Å². The summed E-state index contributed by atoms with van der Waals surface area (Å²) in [5.41, 5.74) is 8.74. The van der Waals surface area contributed by atoms with Crippen molar-refractivity contribution in [2.45, 2.75) is 44.6 Å². The van der Waals surface area contributed by atoms with E-state index in [1.807, 2.05) is 7.11 Å². The van der Waals surface area contributed by atoms with Crippen molar-refractivity contribution in [3.05, 3.63) is 23.3 Å². The smallest absolute Gasteiger partial charge is 0.0821 e. The summed E-state index contributed by atoms with van der Waals surface area (Å²) in [6, 6.07) is 0. The fourth-order valence-corrected chi connectivity index (χ4v) is 3.05. The summed E-state index contributed by atoms with van der Waals surface area (Å²) in [7, 11) is 1.83. The van der Waals surface area contributed by atoms with Crippen LogP contribution in [0.5, 0.6) is 0 Å². The predicted molar refractivity (Wildman–Crippen MR) is 67.2 cm³/mol. The first-order valence-electron chi connectivity index (χ1n) is 6.49. The molecule has 0 saturated heterocycles. The Morgan fingerprint density at radius 1 is 1.50 bits per heavy atom. The van der Waals surface area contributed by atoms with Gasteiger partial charge in [-0.3, -0.25) is 0 Å². The molecule has 0 amide bonds. The van der Waals surface area contributed by atoms with Crippen LogP contribution in [0.15, 0.2) is 23.3 Å². The fourth-order valence-electron chi connectivity index (χ4n) is 3.05. The van der Waals surface area contributed by atoms with Gasteiger partial charge >= 0.3 is 0 Å². The molecule has 16 heavy (non-hydrogen) atoms. The molecule has 2 atom stereocenters. The molecule has 0 heterocycles. The molecule has 0 bridgehead atoms. The highest BCUT2D eigenvalue weighted by Gasteiger charge is 2.27. The molecule has 2 nitrogen and oxygen atoms in total. The molecule has 2 aliphatic rings. The first kappa shape index (κ1) is 11.9. The Labute approximate surface area is 98.5 Å². The molecule has 90 valence electrons. The van der Waals surface area contributed by atoms with Crippen molar-refractivity contribution in [3.8, 4) is 0 Å². The molecule has 2 heteroatoms. The minimum absolute atomic E-state index is 0.348. The number of allylic oxidation sites excluding steroid dienone is 2. The average molecular weight is 221 g/mol. The van der Waals surface area contributed by atoms with Crippen molar-refractivity contribution in [1.29, 1.82) is 0 Å². The Bertz CT molecular complexity index is 293. The second kappa shape index (κ2) is 5.65. The highest BCUT2D eigenvalue weighted by molar-refractivity contribution is 5.36. The molecular formula is C14H23NO. The first-order chi connectivity index (χ1) is 7.86. The van der Waals surface area contributed by atoms with Gasteiger partial charge in [0.15, 0.2) is 0 Å². The van der Waals surface area contributed by atoms with Crippen LogP contribution in [0, 0.1) is 5.92 Å². The van der Waals surface area contributed by atoms with Gasteiger partial charge in [0.25, 0.3) is 0 Å². The molecule has 0 aromatic rings. The maximum atomic E-state index is 5.61. The van der Waals surface area contributed by atoms with Crippen LogP contribution in [0.25, 0.3) is 0 Å². The minimum atomic E-state index is 0.348. The highest BCUT2D eigenvalue weighted by atomic mass is 16.5. The zero-order valence-electron chi connectivity index (χ0n) is 10.2. The van der Waals surface area contributed by atoms with Gasteiger partial charge in [-0.2, -0.15) is 0 Å². The van der Waals surface area contributed by atoms with Crippen molar-refractivity contribution in [1.82, 2.24) is 0 Å². The zero-order valence-corrected chi connectivity index (χ0v) is 10.2. The van der Waals surface area contributed by atoms with Gasteiger partial charge in [0.2, 0.25) is 0 Å². The predicted octanol–water partition coefficient (Wildman–Crippen LogP) is 2.80. The SMILES string of the molecule is COC1CC=CC2=C1CCCC2CCCN. The van der Waals surface area contributed by atoms with Crippen LogP contribution in [0.4, 0.5) is 0 Å². The van der Waals surface area contributed by atoms with E-state index >= 15 is 0 Å². The summed E-state index contributed by atoms with van der Waals surface area (Å²) in [6.45, 7) is 0.816. The second-order valence-corrected chi connectivity index (χ2v) is 4.86. The molecule has 0 aromatic heterocycles. The molecule has 2 N–H and O–H groups in total. The van der Waals surface area contributed by atoms with Gasteiger partial charge in [-0.15, -0.1) is 0 Å². The van der Waals surface area contributed by atoms with Crippen LogP contribution < -0.4 is 5.73 Å². The number of hydrogen-bond donors (Lipinski definition) is 1. The van der Waals surface area contributed by atoms with Crippen molar-refractivity contribution in [3.63, 3.8) is 0 Å². The van der Waals surface area contributed by atoms with E-state index in [2.05, 4.69) is 12.2 Å². The lowest BCUT2D eigenvalue weighted by Crippen LogP contribution is -2.24. The molecular weight excluding hydrogens is 198 g/mol. The monoisotopic (exact) mass is 221 g/mol. The molecule has 0 fully saturated rings. The largest absolute Gasteiger partial charge is 0.377 e. The Kier molecular flexibility index (Phi) is 4.19. The lowest BCUT2D eigenvalue weighted by atomic mass is 9.76. The summed E-state index contributed by atoms with van der Waals surface area (Å²) in [6.07, 6.45) is 12.3. The normalized spacial score (nSPS) is 29.4. The number of ether oxygens (including phenoxy) is 1. The second-order valence-electron chi connectivity index (χ2n) is 4.86. The van der Waals surface area contributed by atoms with Gasteiger partial charge in [-0.05, 0) is 62.1 Å². The standard InChI is InChI=1S/C14H23NO/c1-16-14-9-3-7-12-11(6-4-10-15)5-2-8-13(12)14/h3,7,11,14H,2,4-6,8-10,15H2,1H3. The van der Waals surface area contributed by atoms with E-state index in [-0.39, 0.29) is 0 Å². The van der Waals surface area contributed by atoms with Gasteiger partial charge in [0.05, 0.1) is 6.10 Å². The molecule has 0 saturated carbocycles. The maximum absolute atomic E-state index is 5.61. The summed E-state index contributed by atoms with van der Waals surface area (Å²) >= 11 is 0. The third-order valence-electron chi connectivity index (χ3n) is 3.89. The quantitative estimate of drug-likeness (QED) is 0.792. The molecule has 2 aliphatic carbocycles. The van der Waals surface area contributed by atoms with Crippen LogP contribution in [-0.4, -0.2) is 19.8 Å². The first-order valence-corrected chi connectivity index (χ1v) is 6.49. The number of methoxy groups -OCH3 is 1. The average Bonchev–Trinajstić information content (AvgIpc) is 2.35. The third kappa shape index (κ3) is 2.38. The van der Waals surface area contributed by atoms with Crippen molar-refractivity contribution >= 4 is 0 Å². The topological polar surface area (TPSA) is 35.2 Å². The Morgan fingerprint density at radius 2 is 2.38 bits per heavy atom. The van der Waals surface area contributed by atoms with Crippen LogP contribution in [-0.2, 0) is 4.74 Å². The number of hydrogen-bond acceptors (Lipinski definition) is 2. The number of nitrogens with two attached hydrogens (primary N) is 1. The van der Waals surface area contributed by atoms with E-state index < -0.39 is 0 Å². The van der Waals surface area contributed by atoms with E-state index in [9.17, 15) is 0 Å². The molecule has 0 radical (unpaired) electrons. The highest BCUT2D eigenvalue weighted by Crippen LogP contribution is 2.38. The van der Waals surface area contributed by atoms with Crippen LogP contribution in [0.3, 0.4) is 0 Å². The van der Waals surface area contributed by atoms with Crippen LogP contribution in [0.1, 0.15) is 38.5 Å². The van der Waals surface area contributed by atoms with Gasteiger partial charge in [0, 0.05) is 7.11 Å². The molecule has 2 rings (SSSR count). The number of rotatable bonds is 4. The minimum Gasteiger partial charge on any atom is -0.377 e. The van der Waals surface area contributed by atoms with E-state index in [0.29, 0.717) is 6.10 Å². The summed E-state index contributed by atoms with van der Waals surface area (Å²) in [5.74, 6) is 0.737. The summed E-state index contributed by atoms with van der Waals surface area (Å²) in [4.78, 5) is 0. The Morgan fingerprint density at radius 3 is 3.12 bits per heavy atom. The molecule has 0 aliphatic heterocycles. The van der Waals surface area contributed by atoms with Crippen molar-refractivity contribution in [2.24, 2.45) is 11.7 Å². The van der Waals surface area contributed by atoms with Gasteiger partial charge < -0.3 is 10.5 Å². The Hall–Kier alpha value is -0.600. The van der Waals surface area contributed by atoms with E-state index in [0.717, 1.165) is 25.3 Å². The third-order valence-corrected chi connectivity index (χ3v) is 3.89.